The highest BCUT2D eigenvalue weighted by atomic mass is 16.6. The molecule has 1 aliphatic heterocycles. The van der Waals surface area contributed by atoms with Crippen LogP contribution in [0.2, 0.25) is 0 Å². The minimum atomic E-state index is -0.491. The highest BCUT2D eigenvalue weighted by Gasteiger charge is 2.27. The van der Waals surface area contributed by atoms with Gasteiger partial charge in [-0.15, -0.1) is 0 Å². The molecule has 6 nitrogen and oxygen atoms in total. The van der Waals surface area contributed by atoms with E-state index in [0.29, 0.717) is 12.5 Å². The van der Waals surface area contributed by atoms with Crippen molar-refractivity contribution in [1.82, 2.24) is 5.32 Å². The molecule has 2 atom stereocenters. The molecular formula is C29H29NO5. The Morgan fingerprint density at radius 3 is 2.63 bits per heavy atom. The van der Waals surface area contributed by atoms with E-state index in [4.69, 9.17) is 18.6 Å². The number of carbonyl (C=O) groups is 1. The number of furan rings is 1. The lowest BCUT2D eigenvalue weighted by Crippen LogP contribution is -2.40. The molecule has 1 saturated heterocycles. The van der Waals surface area contributed by atoms with Crippen LogP contribution in [0.25, 0.3) is 10.8 Å². The number of hydrogen-bond donors (Lipinski definition) is 1. The molecular weight excluding hydrogens is 442 g/mol. The number of ether oxygens (including phenoxy) is 3. The molecule has 0 spiro atoms. The Hall–Kier alpha value is -3.61. The Morgan fingerprint density at radius 1 is 0.943 bits per heavy atom. The number of benzene rings is 3. The van der Waals surface area contributed by atoms with Crippen LogP contribution >= 0.6 is 0 Å². The van der Waals surface area contributed by atoms with Gasteiger partial charge in [-0.2, -0.15) is 0 Å². The molecule has 1 aromatic heterocycles. The van der Waals surface area contributed by atoms with Crippen LogP contribution in [0.3, 0.4) is 0 Å². The second-order valence-electron chi connectivity index (χ2n) is 8.66. The summed E-state index contributed by atoms with van der Waals surface area (Å²) >= 11 is 0. The van der Waals surface area contributed by atoms with Gasteiger partial charge < -0.3 is 23.9 Å². The summed E-state index contributed by atoms with van der Waals surface area (Å²) < 4.78 is 22.3. The molecule has 1 fully saturated rings. The Morgan fingerprint density at radius 2 is 1.80 bits per heavy atom. The minimum Gasteiger partial charge on any atom is -0.490 e. The number of esters is 1. The van der Waals surface area contributed by atoms with Crippen LogP contribution in [0.5, 0.6) is 5.75 Å². The third-order valence-corrected chi connectivity index (χ3v) is 6.32. The summed E-state index contributed by atoms with van der Waals surface area (Å²) in [5.41, 5.74) is 2.43. The Balaban J connectivity index is 1.13. The summed E-state index contributed by atoms with van der Waals surface area (Å²) in [4.78, 5) is 11.8. The van der Waals surface area contributed by atoms with Gasteiger partial charge in [0.15, 0.2) is 0 Å². The van der Waals surface area contributed by atoms with Gasteiger partial charge in [0.05, 0.1) is 19.0 Å². The zero-order chi connectivity index (χ0) is 23.9. The van der Waals surface area contributed by atoms with Crippen LogP contribution < -0.4 is 10.1 Å². The lowest BCUT2D eigenvalue weighted by atomic mass is 9.87. The van der Waals surface area contributed by atoms with Crippen molar-refractivity contribution in [2.75, 3.05) is 26.3 Å². The number of carbonyl (C=O) groups excluding carboxylic acids is 1. The van der Waals surface area contributed by atoms with Gasteiger partial charge in [-0.1, -0.05) is 48.5 Å². The molecule has 0 bridgehead atoms. The van der Waals surface area contributed by atoms with E-state index in [0.717, 1.165) is 25.3 Å². The zero-order valence-corrected chi connectivity index (χ0v) is 19.5. The van der Waals surface area contributed by atoms with Gasteiger partial charge >= 0.3 is 5.97 Å². The van der Waals surface area contributed by atoms with E-state index >= 15 is 0 Å². The lowest BCUT2D eigenvalue weighted by Gasteiger charge is -2.32. The smallest absolute Gasteiger partial charge is 0.374 e. The van der Waals surface area contributed by atoms with Crippen molar-refractivity contribution in [3.63, 3.8) is 0 Å². The third-order valence-electron chi connectivity index (χ3n) is 6.32. The number of fused-ring (bicyclic) bond motifs is 1. The van der Waals surface area contributed by atoms with Crippen molar-refractivity contribution >= 4 is 16.7 Å². The zero-order valence-electron chi connectivity index (χ0n) is 19.5. The first-order valence-corrected chi connectivity index (χ1v) is 12.0. The minimum absolute atomic E-state index is 0.100. The number of rotatable bonds is 9. The third kappa shape index (κ3) is 5.91. The molecule has 0 aliphatic carbocycles. The Kier molecular flexibility index (Phi) is 7.41. The quantitative estimate of drug-likeness (QED) is 0.263. The molecule has 5 rings (SSSR count). The first-order chi connectivity index (χ1) is 17.3. The second-order valence-corrected chi connectivity index (χ2v) is 8.66. The number of piperidine rings is 1. The molecule has 2 heterocycles. The van der Waals surface area contributed by atoms with E-state index < -0.39 is 5.97 Å². The van der Waals surface area contributed by atoms with E-state index in [1.807, 2.05) is 12.1 Å². The maximum Gasteiger partial charge on any atom is 0.374 e. The molecule has 1 N–H and O–H groups in total. The van der Waals surface area contributed by atoms with Gasteiger partial charge in [-0.3, -0.25) is 0 Å². The fraction of sp³-hybridized carbons (Fsp3) is 0.276. The Bertz CT molecular complexity index is 1240. The number of hydrogen-bond acceptors (Lipinski definition) is 6. The molecule has 0 radical (unpaired) electrons. The molecule has 0 amide bonds. The summed E-state index contributed by atoms with van der Waals surface area (Å²) in [5.74, 6) is 0.758. The van der Waals surface area contributed by atoms with Crippen LogP contribution in [-0.2, 0) is 16.1 Å². The highest BCUT2D eigenvalue weighted by Crippen LogP contribution is 2.30. The second kappa shape index (κ2) is 11.2. The fourth-order valence-corrected chi connectivity index (χ4v) is 4.49. The summed E-state index contributed by atoms with van der Waals surface area (Å²) in [6, 6.07) is 26.2. The van der Waals surface area contributed by atoms with Crippen LogP contribution in [0, 0.1) is 0 Å². The number of nitrogens with one attached hydrogen (secondary N) is 1. The normalized spacial score (nSPS) is 17.8. The van der Waals surface area contributed by atoms with Crippen LogP contribution in [0.15, 0.2) is 89.5 Å². The molecule has 4 aromatic rings. The highest BCUT2D eigenvalue weighted by molar-refractivity contribution is 5.86. The topological polar surface area (TPSA) is 69.9 Å². The van der Waals surface area contributed by atoms with Gasteiger partial charge in [-0.25, -0.2) is 4.79 Å². The van der Waals surface area contributed by atoms with Crippen LogP contribution in [0.4, 0.5) is 0 Å². The first-order valence-electron chi connectivity index (χ1n) is 12.0. The van der Waals surface area contributed by atoms with Gasteiger partial charge in [0.1, 0.15) is 19.0 Å². The van der Waals surface area contributed by atoms with Gasteiger partial charge in [0, 0.05) is 12.5 Å². The van der Waals surface area contributed by atoms with Crippen molar-refractivity contribution in [1.29, 1.82) is 0 Å². The molecule has 0 saturated carbocycles. The molecule has 35 heavy (non-hydrogen) atoms. The molecule has 3 aromatic carbocycles. The summed E-state index contributed by atoms with van der Waals surface area (Å²) in [5, 5.41) is 5.94. The van der Waals surface area contributed by atoms with Crippen LogP contribution in [0.1, 0.15) is 34.0 Å². The van der Waals surface area contributed by atoms with E-state index in [1.54, 1.807) is 12.1 Å². The summed E-state index contributed by atoms with van der Waals surface area (Å²) in [6.07, 6.45) is 2.56. The van der Waals surface area contributed by atoms with E-state index in [1.165, 1.54) is 28.2 Å². The van der Waals surface area contributed by atoms with Crippen molar-refractivity contribution in [3.05, 3.63) is 102 Å². The fourth-order valence-electron chi connectivity index (χ4n) is 4.49. The standard InChI is InChI=1S/C29H29NO5/c31-29(27-6-3-15-33-27)34-17-16-32-25-11-9-23(10-12-25)26-13-14-30-19-28(26)35-20-21-7-8-22-4-1-2-5-24(22)18-21/h1-12,15,18,26,28,30H,13-14,16-17,19-20H2. The average Bonchev–Trinajstić information content (AvgIpc) is 3.46. The SMILES string of the molecule is O=C(OCCOc1ccc(C2CCNCC2OCc2ccc3ccccc3c2)cc1)c1ccco1. The summed E-state index contributed by atoms with van der Waals surface area (Å²) in [7, 11) is 0. The average molecular weight is 472 g/mol. The lowest BCUT2D eigenvalue weighted by molar-refractivity contribution is 0.0106. The van der Waals surface area contributed by atoms with Gasteiger partial charge in [-0.05, 0) is 65.2 Å². The van der Waals surface area contributed by atoms with Gasteiger partial charge in [0.25, 0.3) is 0 Å². The van der Waals surface area contributed by atoms with Crippen molar-refractivity contribution < 1.29 is 23.4 Å². The first kappa shape index (κ1) is 23.1. The molecule has 1 aliphatic rings. The molecule has 2 unspecified atom stereocenters. The molecule has 180 valence electrons. The van der Waals surface area contributed by atoms with E-state index in [-0.39, 0.29) is 25.1 Å². The summed E-state index contributed by atoms with van der Waals surface area (Å²) in [6.45, 7) is 2.82. The van der Waals surface area contributed by atoms with Crippen molar-refractivity contribution in [2.24, 2.45) is 0 Å². The Labute approximate surface area is 204 Å². The predicted octanol–water partition coefficient (Wildman–Crippen LogP) is 5.33. The maximum absolute atomic E-state index is 11.8. The monoisotopic (exact) mass is 471 g/mol. The predicted molar refractivity (Wildman–Crippen MR) is 134 cm³/mol. The van der Waals surface area contributed by atoms with Gasteiger partial charge in [0.2, 0.25) is 5.76 Å². The van der Waals surface area contributed by atoms with Crippen molar-refractivity contribution in [2.45, 2.75) is 25.0 Å². The van der Waals surface area contributed by atoms with Crippen LogP contribution in [-0.4, -0.2) is 38.4 Å². The van der Waals surface area contributed by atoms with E-state index in [2.05, 4.69) is 59.9 Å². The van der Waals surface area contributed by atoms with E-state index in [9.17, 15) is 4.79 Å². The maximum atomic E-state index is 11.8. The van der Waals surface area contributed by atoms with Crippen molar-refractivity contribution in [3.8, 4) is 5.75 Å². The molecule has 6 heteroatoms. The largest absolute Gasteiger partial charge is 0.490 e.